The summed E-state index contributed by atoms with van der Waals surface area (Å²) in [5.74, 6) is -0.298. The number of piperidine rings is 1. The summed E-state index contributed by atoms with van der Waals surface area (Å²) in [6.07, 6.45) is 1.90. The summed E-state index contributed by atoms with van der Waals surface area (Å²) in [5, 5.41) is 6.64. The molecule has 2 aromatic rings. The van der Waals surface area contributed by atoms with E-state index in [9.17, 15) is 13.2 Å². The average Bonchev–Trinajstić information content (AvgIpc) is 2.63. The molecule has 0 aliphatic carbocycles. The van der Waals surface area contributed by atoms with E-state index in [1.165, 1.54) is 24.3 Å². The number of hydrogen-bond acceptors (Lipinski definition) is 4. The molecule has 1 atom stereocenters. The fraction of sp³-hybridized carbons (Fsp3) is 0.278. The average molecular weight is 430 g/mol. The zero-order valence-corrected chi connectivity index (χ0v) is 16.8. The van der Waals surface area contributed by atoms with Crippen LogP contribution < -0.4 is 15.4 Å². The molecule has 0 bridgehead atoms. The largest absolute Gasteiger partial charge is 0.348 e. The van der Waals surface area contributed by atoms with Crippen LogP contribution in [0.3, 0.4) is 0 Å². The third kappa shape index (κ3) is 5.59. The van der Waals surface area contributed by atoms with Crippen LogP contribution in [0.15, 0.2) is 53.4 Å². The Bertz CT molecular complexity index is 883. The zero-order valence-electron chi connectivity index (χ0n) is 14.4. The number of carbonyl (C=O) groups is 1. The maximum Gasteiger partial charge on any atom is 0.261 e. The lowest BCUT2D eigenvalue weighted by molar-refractivity contribution is 0.0931. The lowest BCUT2D eigenvalue weighted by atomic mass is 10.1. The molecule has 0 saturated carbocycles. The molecule has 0 radical (unpaired) electrons. The smallest absolute Gasteiger partial charge is 0.261 e. The van der Waals surface area contributed by atoms with E-state index in [2.05, 4.69) is 15.4 Å². The molecule has 3 N–H and O–H groups in total. The van der Waals surface area contributed by atoms with Gasteiger partial charge in [0.2, 0.25) is 0 Å². The van der Waals surface area contributed by atoms with Gasteiger partial charge in [-0.3, -0.25) is 9.52 Å². The molecule has 0 aromatic heterocycles. The molecular weight excluding hydrogens is 409 g/mol. The molecule has 27 heavy (non-hydrogen) atoms. The van der Waals surface area contributed by atoms with Crippen molar-refractivity contribution >= 4 is 45.6 Å². The monoisotopic (exact) mass is 429 g/mol. The van der Waals surface area contributed by atoms with Crippen LogP contribution in [-0.2, 0) is 10.0 Å². The predicted octanol–water partition coefficient (Wildman–Crippen LogP) is 3.04. The van der Waals surface area contributed by atoms with Crippen LogP contribution in [-0.4, -0.2) is 33.5 Å². The number of halogens is 2. The van der Waals surface area contributed by atoms with Crippen molar-refractivity contribution in [2.75, 3.05) is 17.8 Å². The number of hydrogen-bond donors (Lipinski definition) is 3. The molecule has 1 unspecified atom stereocenters. The molecular formula is C18H21Cl2N3O3S. The number of para-hydroxylation sites is 1. The minimum Gasteiger partial charge on any atom is -0.348 e. The minimum absolute atomic E-state index is 0. The molecule has 0 spiro atoms. The standard InChI is InChI=1S/C18H20ClN3O3S.ClH/c19-13-7-9-15(10-8-13)26(24,25)22-17-6-2-1-5-16(17)18(23)21-14-4-3-11-20-12-14;/h1-2,5-10,14,20,22H,3-4,11-12H2,(H,21,23);1H. The number of nitrogens with one attached hydrogen (secondary N) is 3. The van der Waals surface area contributed by atoms with Crippen LogP contribution in [0.4, 0.5) is 5.69 Å². The Morgan fingerprint density at radius 3 is 2.48 bits per heavy atom. The molecule has 1 saturated heterocycles. The first-order valence-electron chi connectivity index (χ1n) is 8.35. The van der Waals surface area contributed by atoms with Gasteiger partial charge in [0.25, 0.3) is 15.9 Å². The lowest BCUT2D eigenvalue weighted by Crippen LogP contribution is -2.45. The number of sulfonamides is 1. The van der Waals surface area contributed by atoms with Gasteiger partial charge in [-0.25, -0.2) is 8.42 Å². The second-order valence-corrected chi connectivity index (χ2v) is 8.24. The van der Waals surface area contributed by atoms with Gasteiger partial charge in [-0.05, 0) is 55.8 Å². The highest BCUT2D eigenvalue weighted by molar-refractivity contribution is 7.92. The van der Waals surface area contributed by atoms with Crippen LogP contribution in [0.5, 0.6) is 0 Å². The van der Waals surface area contributed by atoms with E-state index < -0.39 is 10.0 Å². The molecule has 6 nitrogen and oxygen atoms in total. The van der Waals surface area contributed by atoms with Crippen molar-refractivity contribution in [3.8, 4) is 0 Å². The van der Waals surface area contributed by atoms with Gasteiger partial charge in [0.05, 0.1) is 16.1 Å². The van der Waals surface area contributed by atoms with Crippen LogP contribution in [0, 0.1) is 0 Å². The van der Waals surface area contributed by atoms with Crippen molar-refractivity contribution in [2.24, 2.45) is 0 Å². The fourth-order valence-electron chi connectivity index (χ4n) is 2.83. The summed E-state index contributed by atoms with van der Waals surface area (Å²) < 4.78 is 27.7. The molecule has 3 rings (SSSR count). The van der Waals surface area contributed by atoms with Crippen molar-refractivity contribution in [1.82, 2.24) is 10.6 Å². The topological polar surface area (TPSA) is 87.3 Å². The van der Waals surface area contributed by atoms with Crippen molar-refractivity contribution in [1.29, 1.82) is 0 Å². The highest BCUT2D eigenvalue weighted by Gasteiger charge is 2.21. The quantitative estimate of drug-likeness (QED) is 0.681. The van der Waals surface area contributed by atoms with Gasteiger partial charge in [0.15, 0.2) is 0 Å². The van der Waals surface area contributed by atoms with E-state index in [1.54, 1.807) is 24.3 Å². The van der Waals surface area contributed by atoms with Gasteiger partial charge in [-0.15, -0.1) is 12.4 Å². The first kappa shape index (κ1) is 21.5. The number of carbonyl (C=O) groups excluding carboxylic acids is 1. The Kier molecular flexibility index (Phi) is 7.49. The van der Waals surface area contributed by atoms with Crippen molar-refractivity contribution in [3.63, 3.8) is 0 Å². The van der Waals surface area contributed by atoms with Crippen LogP contribution >= 0.6 is 24.0 Å². The van der Waals surface area contributed by atoms with Crippen LogP contribution in [0.2, 0.25) is 5.02 Å². The molecule has 1 aliphatic heterocycles. The molecule has 1 heterocycles. The van der Waals surface area contributed by atoms with Gasteiger partial charge in [0.1, 0.15) is 0 Å². The molecule has 2 aromatic carbocycles. The fourth-order valence-corrected chi connectivity index (χ4v) is 4.03. The van der Waals surface area contributed by atoms with Crippen molar-refractivity contribution < 1.29 is 13.2 Å². The summed E-state index contributed by atoms with van der Waals surface area (Å²) in [7, 11) is -3.82. The first-order valence-corrected chi connectivity index (χ1v) is 10.2. The normalized spacial score (nSPS) is 16.9. The van der Waals surface area contributed by atoms with Crippen LogP contribution in [0.1, 0.15) is 23.2 Å². The maximum absolute atomic E-state index is 12.6. The van der Waals surface area contributed by atoms with E-state index >= 15 is 0 Å². The Hall–Kier alpha value is -1.80. The molecule has 146 valence electrons. The maximum atomic E-state index is 12.6. The molecule has 9 heteroatoms. The van der Waals surface area contributed by atoms with E-state index in [-0.39, 0.29) is 40.5 Å². The lowest BCUT2D eigenvalue weighted by Gasteiger charge is -2.24. The SMILES string of the molecule is Cl.O=C(NC1CCCNC1)c1ccccc1NS(=O)(=O)c1ccc(Cl)cc1. The molecule has 1 aliphatic rings. The Labute approximate surface area is 170 Å². The summed E-state index contributed by atoms with van der Waals surface area (Å²) in [6, 6.07) is 12.4. The summed E-state index contributed by atoms with van der Waals surface area (Å²) in [5.41, 5.74) is 0.527. The van der Waals surface area contributed by atoms with E-state index in [1.807, 2.05) is 0 Å². The predicted molar refractivity (Wildman–Crippen MR) is 109 cm³/mol. The second kappa shape index (κ2) is 9.41. The van der Waals surface area contributed by atoms with E-state index in [0.29, 0.717) is 11.6 Å². The highest BCUT2D eigenvalue weighted by Crippen LogP contribution is 2.21. The number of benzene rings is 2. The van der Waals surface area contributed by atoms with Crippen LogP contribution in [0.25, 0.3) is 0 Å². The molecule has 1 fully saturated rings. The molecule has 1 amide bonds. The third-order valence-corrected chi connectivity index (χ3v) is 5.81. The second-order valence-electron chi connectivity index (χ2n) is 6.12. The Morgan fingerprint density at radius 2 is 1.81 bits per heavy atom. The summed E-state index contributed by atoms with van der Waals surface area (Å²) >= 11 is 5.81. The Morgan fingerprint density at radius 1 is 1.11 bits per heavy atom. The Balaban J connectivity index is 0.00000261. The van der Waals surface area contributed by atoms with Gasteiger partial charge in [-0.2, -0.15) is 0 Å². The van der Waals surface area contributed by atoms with Crippen molar-refractivity contribution in [3.05, 3.63) is 59.1 Å². The highest BCUT2D eigenvalue weighted by atomic mass is 35.5. The van der Waals surface area contributed by atoms with E-state index in [0.717, 1.165) is 19.4 Å². The minimum atomic E-state index is -3.82. The zero-order chi connectivity index (χ0) is 18.6. The first-order chi connectivity index (χ1) is 12.5. The number of anilines is 1. The summed E-state index contributed by atoms with van der Waals surface area (Å²) in [4.78, 5) is 12.7. The van der Waals surface area contributed by atoms with Crippen molar-refractivity contribution in [2.45, 2.75) is 23.8 Å². The summed E-state index contributed by atoms with van der Waals surface area (Å²) in [6.45, 7) is 1.66. The van der Waals surface area contributed by atoms with E-state index in [4.69, 9.17) is 11.6 Å². The van der Waals surface area contributed by atoms with Gasteiger partial charge >= 0.3 is 0 Å². The third-order valence-electron chi connectivity index (χ3n) is 4.17. The van der Waals surface area contributed by atoms with Gasteiger partial charge in [0, 0.05) is 17.6 Å². The van der Waals surface area contributed by atoms with Gasteiger partial charge < -0.3 is 10.6 Å². The number of amides is 1. The van der Waals surface area contributed by atoms with Gasteiger partial charge in [-0.1, -0.05) is 23.7 Å². The number of rotatable bonds is 5.